The van der Waals surface area contributed by atoms with Crippen molar-refractivity contribution in [2.75, 3.05) is 5.32 Å². The molecular weight excluding hydrogens is 479 g/mol. The van der Waals surface area contributed by atoms with E-state index in [4.69, 9.17) is 0 Å². The molecule has 0 aliphatic carbocycles. The number of nitrogens with zero attached hydrogens (tertiary/aromatic N) is 2. The third kappa shape index (κ3) is 7.41. The minimum atomic E-state index is -4.92. The molecule has 0 atom stereocenters. The lowest BCUT2D eigenvalue weighted by atomic mass is 10.0. The molecule has 0 bridgehead atoms. The summed E-state index contributed by atoms with van der Waals surface area (Å²) in [5.74, 6) is -2.22. The number of halogens is 3. The van der Waals surface area contributed by atoms with E-state index in [2.05, 4.69) is 28.4 Å². The molecule has 0 aliphatic heterocycles. The Kier molecular flexibility index (Phi) is 9.44. The topological polar surface area (TPSA) is 64.0 Å². The number of nitrogens with one attached hydrogen (secondary N) is 1. The molecule has 5 nitrogen and oxygen atoms in total. The molecule has 0 saturated carbocycles. The van der Waals surface area contributed by atoms with Crippen LogP contribution in [0, 0.1) is 0 Å². The van der Waals surface area contributed by atoms with Crippen LogP contribution in [0.4, 0.5) is 18.9 Å². The molecule has 0 aliphatic rings. The Bertz CT molecular complexity index is 1310. The highest BCUT2D eigenvalue weighted by molar-refractivity contribution is 6.08. The van der Waals surface area contributed by atoms with Crippen LogP contribution in [0.25, 0.3) is 17.0 Å². The van der Waals surface area contributed by atoms with E-state index < -0.39 is 12.0 Å². The van der Waals surface area contributed by atoms with E-state index in [0.717, 1.165) is 48.3 Å². The Morgan fingerprint density at radius 1 is 1.08 bits per heavy atom. The van der Waals surface area contributed by atoms with Gasteiger partial charge in [-0.15, -0.1) is 0 Å². The summed E-state index contributed by atoms with van der Waals surface area (Å²) in [5.41, 5.74) is 3.83. The maximum absolute atomic E-state index is 12.8. The van der Waals surface area contributed by atoms with Gasteiger partial charge in [0.25, 0.3) is 11.7 Å². The number of unbranched alkanes of at least 4 members (excludes halogenated alkanes) is 1. The first-order valence-electron chi connectivity index (χ1n) is 12.5. The number of ketones is 1. The Labute approximate surface area is 215 Å². The van der Waals surface area contributed by atoms with Gasteiger partial charge in [-0.25, -0.2) is 0 Å². The number of pyridine rings is 1. The third-order valence-electron chi connectivity index (χ3n) is 6.07. The normalized spacial score (nSPS) is 11.8. The van der Waals surface area contributed by atoms with Crippen LogP contribution in [0.5, 0.6) is 0 Å². The second-order valence-corrected chi connectivity index (χ2v) is 8.95. The van der Waals surface area contributed by atoms with Crippen molar-refractivity contribution in [2.24, 2.45) is 0 Å². The molecule has 0 saturated heterocycles. The van der Waals surface area contributed by atoms with Crippen molar-refractivity contribution in [2.45, 2.75) is 65.1 Å². The molecule has 8 heteroatoms. The number of alkyl halides is 3. The predicted molar refractivity (Wildman–Crippen MR) is 141 cm³/mol. The van der Waals surface area contributed by atoms with E-state index in [1.165, 1.54) is 0 Å². The molecule has 0 fully saturated rings. The van der Waals surface area contributed by atoms with E-state index in [9.17, 15) is 22.8 Å². The van der Waals surface area contributed by atoms with Gasteiger partial charge in [-0.05, 0) is 74.1 Å². The smallest absolute Gasteiger partial charge is 0.347 e. The van der Waals surface area contributed by atoms with Gasteiger partial charge < -0.3 is 9.88 Å². The number of aromatic nitrogens is 2. The van der Waals surface area contributed by atoms with Crippen LogP contribution < -0.4 is 5.32 Å². The van der Waals surface area contributed by atoms with Gasteiger partial charge in [0.15, 0.2) is 0 Å². The fraction of sp³-hybridized carbons (Fsp3) is 0.345. The number of carbonyl (C=O) groups is 2. The van der Waals surface area contributed by atoms with Gasteiger partial charge in [-0.1, -0.05) is 39.0 Å². The van der Waals surface area contributed by atoms with Crippen LogP contribution in [0.3, 0.4) is 0 Å². The van der Waals surface area contributed by atoms with E-state index >= 15 is 0 Å². The van der Waals surface area contributed by atoms with Crippen molar-refractivity contribution in [3.63, 3.8) is 0 Å². The zero-order valence-electron chi connectivity index (χ0n) is 21.2. The summed E-state index contributed by atoms with van der Waals surface area (Å²) in [5, 5.41) is 3.89. The number of benzene rings is 1. The minimum Gasteiger partial charge on any atom is -0.347 e. The van der Waals surface area contributed by atoms with Crippen LogP contribution in [-0.4, -0.2) is 27.4 Å². The summed E-state index contributed by atoms with van der Waals surface area (Å²) < 4.78 is 40.0. The van der Waals surface area contributed by atoms with Crippen molar-refractivity contribution in [1.29, 1.82) is 0 Å². The monoisotopic (exact) mass is 511 g/mol. The average Bonchev–Trinajstić information content (AvgIpc) is 3.28. The zero-order valence-corrected chi connectivity index (χ0v) is 21.2. The number of amides is 1. The van der Waals surface area contributed by atoms with Gasteiger partial charge in [0, 0.05) is 29.4 Å². The van der Waals surface area contributed by atoms with Crippen LogP contribution in [0.1, 0.15) is 56.5 Å². The molecule has 0 unspecified atom stereocenters. The summed E-state index contributed by atoms with van der Waals surface area (Å²) in [4.78, 5) is 28.6. The zero-order chi connectivity index (χ0) is 27.0. The van der Waals surface area contributed by atoms with Crippen LogP contribution >= 0.6 is 0 Å². The van der Waals surface area contributed by atoms with E-state index in [-0.39, 0.29) is 5.91 Å². The first-order chi connectivity index (χ1) is 17.6. The predicted octanol–water partition coefficient (Wildman–Crippen LogP) is 7.06. The number of fused-ring (bicyclic) bond motifs is 1. The Hall–Kier alpha value is -3.68. The van der Waals surface area contributed by atoms with Gasteiger partial charge in [0.2, 0.25) is 0 Å². The molecule has 3 aromatic rings. The number of hydrogen-bond donors (Lipinski definition) is 1. The lowest BCUT2D eigenvalue weighted by molar-refractivity contribution is -0.165. The molecule has 196 valence electrons. The summed E-state index contributed by atoms with van der Waals surface area (Å²) in [6.45, 7) is 8.93. The summed E-state index contributed by atoms with van der Waals surface area (Å²) in [7, 11) is 0. The SMILES string of the molecule is C=C(CCc1ccc(CCCC)c(C=CC(=O)C(F)(F)F)n1)C(=O)Nc1cccc2c1ccn2CCC. The van der Waals surface area contributed by atoms with Crippen LogP contribution in [-0.2, 0) is 29.0 Å². The highest BCUT2D eigenvalue weighted by Gasteiger charge is 2.36. The van der Waals surface area contributed by atoms with Crippen LogP contribution in [0.2, 0.25) is 0 Å². The number of hydrogen-bond acceptors (Lipinski definition) is 3. The van der Waals surface area contributed by atoms with Crippen molar-refractivity contribution >= 4 is 34.4 Å². The molecule has 3 rings (SSSR count). The van der Waals surface area contributed by atoms with E-state index in [1.54, 1.807) is 6.07 Å². The van der Waals surface area contributed by atoms with E-state index in [1.807, 2.05) is 43.5 Å². The van der Waals surface area contributed by atoms with Gasteiger partial charge >= 0.3 is 6.18 Å². The lowest BCUT2D eigenvalue weighted by Crippen LogP contribution is -2.19. The number of allylic oxidation sites excluding steroid dienone is 1. The standard InChI is InChI=1S/C29H32F3N3O2/c1-4-6-8-21-12-14-22(33-24(21)15-16-27(36)29(30,31)32)13-11-20(3)28(37)34-25-9-7-10-26-23(25)17-19-35(26)18-5-2/h7,9-10,12,14-17,19H,3-6,8,11,13,18H2,1-2H3,(H,34,37). The Morgan fingerprint density at radius 3 is 2.57 bits per heavy atom. The van der Waals surface area contributed by atoms with E-state index in [0.29, 0.717) is 48.0 Å². The quantitative estimate of drug-likeness (QED) is 0.265. The highest BCUT2D eigenvalue weighted by atomic mass is 19.4. The second kappa shape index (κ2) is 12.5. The number of rotatable bonds is 12. The number of anilines is 1. The Morgan fingerprint density at radius 2 is 1.86 bits per heavy atom. The molecule has 1 amide bonds. The fourth-order valence-electron chi connectivity index (χ4n) is 4.03. The lowest BCUT2D eigenvalue weighted by Gasteiger charge is -2.11. The first kappa shape index (κ1) is 27.9. The maximum Gasteiger partial charge on any atom is 0.454 e. The third-order valence-corrected chi connectivity index (χ3v) is 6.07. The van der Waals surface area contributed by atoms with Gasteiger partial charge in [0.1, 0.15) is 0 Å². The van der Waals surface area contributed by atoms with Gasteiger partial charge in [-0.3, -0.25) is 14.6 Å². The summed E-state index contributed by atoms with van der Waals surface area (Å²) >= 11 is 0. The minimum absolute atomic E-state index is 0.300. The van der Waals surface area contributed by atoms with Gasteiger partial charge in [0.05, 0.1) is 16.9 Å². The summed E-state index contributed by atoms with van der Waals surface area (Å²) in [6.07, 6.45) is 2.83. The second-order valence-electron chi connectivity index (χ2n) is 8.95. The molecule has 2 aromatic heterocycles. The molecule has 2 heterocycles. The van der Waals surface area contributed by atoms with Crippen molar-refractivity contribution < 1.29 is 22.8 Å². The number of aryl methyl sites for hydroxylation is 3. The van der Waals surface area contributed by atoms with Crippen LogP contribution in [0.15, 0.2) is 60.8 Å². The van der Waals surface area contributed by atoms with Crippen molar-refractivity contribution in [3.8, 4) is 0 Å². The first-order valence-corrected chi connectivity index (χ1v) is 12.5. The molecule has 1 N–H and O–H groups in total. The Balaban J connectivity index is 1.69. The van der Waals surface area contributed by atoms with Crippen molar-refractivity contribution in [3.05, 3.63) is 77.8 Å². The molecule has 37 heavy (non-hydrogen) atoms. The summed E-state index contributed by atoms with van der Waals surface area (Å²) in [6, 6.07) is 11.4. The fourth-order valence-corrected chi connectivity index (χ4v) is 4.03. The van der Waals surface area contributed by atoms with Gasteiger partial charge in [-0.2, -0.15) is 13.2 Å². The highest BCUT2D eigenvalue weighted by Crippen LogP contribution is 2.26. The molecule has 0 spiro atoms. The largest absolute Gasteiger partial charge is 0.454 e. The maximum atomic E-state index is 12.8. The van der Waals surface area contributed by atoms with Crippen molar-refractivity contribution in [1.82, 2.24) is 9.55 Å². The average molecular weight is 512 g/mol. The number of carbonyl (C=O) groups excluding carboxylic acids is 2. The molecular formula is C29H32F3N3O2. The molecule has 0 radical (unpaired) electrons. The molecule has 1 aromatic carbocycles.